The van der Waals surface area contributed by atoms with E-state index in [9.17, 15) is 13.2 Å². The molecule has 0 spiro atoms. The van der Waals surface area contributed by atoms with E-state index in [1.165, 1.54) is 18.2 Å². The van der Waals surface area contributed by atoms with Crippen molar-refractivity contribution in [3.63, 3.8) is 0 Å². The molecule has 0 amide bonds. The third kappa shape index (κ3) is 3.17. The van der Waals surface area contributed by atoms with Crippen molar-refractivity contribution in [2.24, 2.45) is 0 Å². The van der Waals surface area contributed by atoms with E-state index in [-0.39, 0.29) is 21.5 Å². The summed E-state index contributed by atoms with van der Waals surface area (Å²) in [5.74, 6) is 0. The molecule has 82 valence electrons. The fourth-order valence-electron chi connectivity index (χ4n) is 0.871. The summed E-state index contributed by atoms with van der Waals surface area (Å²) in [6, 6.07) is 3.90. The van der Waals surface area contributed by atoms with E-state index in [2.05, 4.69) is 4.72 Å². The molecule has 0 saturated carbocycles. The molecule has 15 heavy (non-hydrogen) atoms. The molecule has 1 aromatic carbocycles. The topological polar surface area (TPSA) is 63.2 Å². The molecule has 0 aliphatic carbocycles. The minimum absolute atomic E-state index is 0.0289. The first-order valence-corrected chi connectivity index (χ1v) is 6.09. The third-order valence-corrected chi connectivity index (χ3v) is 3.72. The zero-order valence-electron chi connectivity index (χ0n) is 7.41. The summed E-state index contributed by atoms with van der Waals surface area (Å²) < 4.78 is 25.0. The number of carbonyl (C=O) groups excluding carboxylic acids is 1. The highest BCUT2D eigenvalue weighted by Gasteiger charge is 2.14. The molecule has 0 unspecified atom stereocenters. The van der Waals surface area contributed by atoms with E-state index >= 15 is 0 Å². The zero-order valence-corrected chi connectivity index (χ0v) is 9.73. The lowest BCUT2D eigenvalue weighted by atomic mass is 10.4. The van der Waals surface area contributed by atoms with Crippen molar-refractivity contribution in [3.05, 3.63) is 28.2 Å². The Balaban J connectivity index is 3.05. The van der Waals surface area contributed by atoms with E-state index in [1.54, 1.807) is 0 Å². The summed E-state index contributed by atoms with van der Waals surface area (Å²) in [6.45, 7) is -0.275. The average Bonchev–Trinajstić information content (AvgIpc) is 2.19. The second-order valence-electron chi connectivity index (χ2n) is 2.59. The summed E-state index contributed by atoms with van der Waals surface area (Å²) in [6.07, 6.45) is 0.453. The lowest BCUT2D eigenvalue weighted by molar-refractivity contribution is -0.106. The van der Waals surface area contributed by atoms with Crippen molar-refractivity contribution in [1.29, 1.82) is 0 Å². The Morgan fingerprint density at radius 2 is 1.93 bits per heavy atom. The zero-order chi connectivity index (χ0) is 11.5. The van der Waals surface area contributed by atoms with Crippen molar-refractivity contribution in [2.45, 2.75) is 4.90 Å². The first-order valence-electron chi connectivity index (χ1n) is 3.86. The minimum Gasteiger partial charge on any atom is -0.302 e. The van der Waals surface area contributed by atoms with Gasteiger partial charge in [-0.15, -0.1) is 0 Å². The summed E-state index contributed by atoms with van der Waals surface area (Å²) >= 11 is 11.3. The van der Waals surface area contributed by atoms with Gasteiger partial charge in [0.25, 0.3) is 0 Å². The van der Waals surface area contributed by atoms with E-state index in [0.717, 1.165) is 0 Å². The monoisotopic (exact) mass is 267 g/mol. The van der Waals surface area contributed by atoms with Crippen LogP contribution in [0.3, 0.4) is 0 Å². The first kappa shape index (κ1) is 12.4. The highest BCUT2D eigenvalue weighted by Crippen LogP contribution is 2.24. The van der Waals surface area contributed by atoms with Crippen molar-refractivity contribution in [1.82, 2.24) is 4.72 Å². The fourth-order valence-corrected chi connectivity index (χ4v) is 2.21. The normalized spacial score (nSPS) is 11.3. The summed E-state index contributed by atoms with van der Waals surface area (Å²) in [4.78, 5) is 10.0. The van der Waals surface area contributed by atoms with Crippen LogP contribution in [-0.2, 0) is 14.8 Å². The Kier molecular flexibility index (Phi) is 4.10. The van der Waals surface area contributed by atoms with Gasteiger partial charge in [-0.25, -0.2) is 13.1 Å². The van der Waals surface area contributed by atoms with Gasteiger partial charge in [-0.3, -0.25) is 0 Å². The van der Waals surface area contributed by atoms with Crippen molar-refractivity contribution in [3.8, 4) is 0 Å². The smallest absolute Gasteiger partial charge is 0.241 e. The standard InChI is InChI=1S/C8H7Cl2NO3S/c9-7-2-1-6(5-8(7)10)15(13,14)11-3-4-12/h1-2,4-5,11H,3H2. The molecule has 0 aromatic heterocycles. The Morgan fingerprint density at radius 3 is 2.47 bits per heavy atom. The SMILES string of the molecule is O=CCNS(=O)(=O)c1ccc(Cl)c(Cl)c1. The van der Waals surface area contributed by atoms with Crippen molar-refractivity contribution in [2.75, 3.05) is 6.54 Å². The van der Waals surface area contributed by atoms with Gasteiger partial charge >= 0.3 is 0 Å². The lowest BCUT2D eigenvalue weighted by Crippen LogP contribution is -2.25. The molecular weight excluding hydrogens is 261 g/mol. The average molecular weight is 268 g/mol. The molecule has 0 aliphatic rings. The molecule has 0 bridgehead atoms. The van der Waals surface area contributed by atoms with Gasteiger partial charge in [-0.05, 0) is 18.2 Å². The van der Waals surface area contributed by atoms with Gasteiger partial charge in [0.15, 0.2) is 0 Å². The van der Waals surface area contributed by atoms with E-state index in [0.29, 0.717) is 6.29 Å². The van der Waals surface area contributed by atoms with Crippen molar-refractivity contribution >= 4 is 39.5 Å². The van der Waals surface area contributed by atoms with Crippen LogP contribution in [0.25, 0.3) is 0 Å². The number of nitrogens with one attached hydrogen (secondary N) is 1. The molecule has 0 fully saturated rings. The molecule has 4 nitrogen and oxygen atoms in total. The Morgan fingerprint density at radius 1 is 1.27 bits per heavy atom. The Hall–Kier alpha value is -0.620. The molecule has 1 N–H and O–H groups in total. The van der Waals surface area contributed by atoms with Gasteiger partial charge in [0.05, 0.1) is 21.5 Å². The number of halogens is 2. The molecule has 0 aliphatic heterocycles. The number of carbonyl (C=O) groups is 1. The van der Waals surface area contributed by atoms with Gasteiger partial charge in [0, 0.05) is 0 Å². The largest absolute Gasteiger partial charge is 0.302 e. The van der Waals surface area contributed by atoms with E-state index in [1.807, 2.05) is 0 Å². The lowest BCUT2D eigenvalue weighted by Gasteiger charge is -2.04. The van der Waals surface area contributed by atoms with Crippen molar-refractivity contribution < 1.29 is 13.2 Å². The van der Waals surface area contributed by atoms with Crippen LogP contribution < -0.4 is 4.72 Å². The number of hydrogen-bond acceptors (Lipinski definition) is 3. The van der Waals surface area contributed by atoms with Gasteiger partial charge in [-0.1, -0.05) is 23.2 Å². The molecule has 0 atom stereocenters. The number of hydrogen-bond donors (Lipinski definition) is 1. The van der Waals surface area contributed by atoms with Crippen LogP contribution in [0.4, 0.5) is 0 Å². The number of rotatable bonds is 4. The maximum Gasteiger partial charge on any atom is 0.241 e. The van der Waals surface area contributed by atoms with E-state index < -0.39 is 10.0 Å². The van der Waals surface area contributed by atoms with Crippen LogP contribution in [0, 0.1) is 0 Å². The summed E-state index contributed by atoms with van der Waals surface area (Å²) in [5, 5.41) is 0.414. The molecule has 0 saturated heterocycles. The van der Waals surface area contributed by atoms with Crippen LogP contribution in [-0.4, -0.2) is 21.2 Å². The molecule has 0 heterocycles. The number of aldehydes is 1. The predicted octanol–water partition coefficient (Wildman–Crippen LogP) is 1.47. The maximum absolute atomic E-state index is 11.5. The van der Waals surface area contributed by atoms with Crippen LogP contribution in [0.15, 0.2) is 23.1 Å². The number of sulfonamides is 1. The van der Waals surface area contributed by atoms with Gasteiger partial charge < -0.3 is 4.79 Å². The Labute approximate surface area is 97.2 Å². The van der Waals surface area contributed by atoms with Gasteiger partial charge in [0.1, 0.15) is 6.29 Å². The van der Waals surface area contributed by atoms with Crippen LogP contribution in [0.5, 0.6) is 0 Å². The van der Waals surface area contributed by atoms with Gasteiger partial charge in [-0.2, -0.15) is 0 Å². The highest BCUT2D eigenvalue weighted by atomic mass is 35.5. The molecule has 1 aromatic rings. The molecule has 7 heteroatoms. The second-order valence-corrected chi connectivity index (χ2v) is 5.18. The predicted molar refractivity (Wildman–Crippen MR) is 57.7 cm³/mol. The van der Waals surface area contributed by atoms with Crippen LogP contribution in [0.2, 0.25) is 10.0 Å². The fraction of sp³-hybridized carbons (Fsp3) is 0.125. The maximum atomic E-state index is 11.5. The first-order chi connectivity index (χ1) is 6.97. The third-order valence-electron chi connectivity index (χ3n) is 1.56. The number of benzene rings is 1. The quantitative estimate of drug-likeness (QED) is 0.841. The molecular formula is C8H7Cl2NO3S. The minimum atomic E-state index is -3.69. The van der Waals surface area contributed by atoms with Crippen LogP contribution >= 0.6 is 23.2 Å². The van der Waals surface area contributed by atoms with Gasteiger partial charge in [0.2, 0.25) is 10.0 Å². The summed E-state index contributed by atoms with van der Waals surface area (Å²) in [7, 11) is -3.69. The highest BCUT2D eigenvalue weighted by molar-refractivity contribution is 7.89. The Bertz CT molecular complexity index is 473. The summed E-state index contributed by atoms with van der Waals surface area (Å²) in [5.41, 5.74) is 0. The van der Waals surface area contributed by atoms with Crippen LogP contribution in [0.1, 0.15) is 0 Å². The second kappa shape index (κ2) is 4.94. The van der Waals surface area contributed by atoms with E-state index in [4.69, 9.17) is 23.2 Å². The molecule has 0 radical (unpaired) electrons. The molecule has 1 rings (SSSR count).